The zero-order valence-electron chi connectivity index (χ0n) is 14.9. The number of amides is 1. The number of carbonyl (C=O) groups is 1. The first-order valence-corrected chi connectivity index (χ1v) is 8.58. The fraction of sp³-hybridized carbons (Fsp3) is 0.765. The Bertz CT molecular complexity index is 555. The highest BCUT2D eigenvalue weighted by Crippen LogP contribution is 2.36. The Kier molecular flexibility index (Phi) is 8.03. The fourth-order valence-electron chi connectivity index (χ4n) is 4.07. The lowest BCUT2D eigenvalue weighted by molar-refractivity contribution is -0.132. The summed E-state index contributed by atoms with van der Waals surface area (Å²) in [6, 6.07) is 0.239. The van der Waals surface area contributed by atoms with Gasteiger partial charge < -0.3 is 10.2 Å². The number of rotatable bonds is 4. The van der Waals surface area contributed by atoms with Gasteiger partial charge in [0, 0.05) is 31.3 Å². The molecule has 2 saturated heterocycles. The third-order valence-electron chi connectivity index (χ3n) is 5.40. The number of aromatic nitrogens is 2. The first-order chi connectivity index (χ1) is 10.6. The molecule has 2 aliphatic heterocycles. The Hall–Kier alpha value is -0.780. The van der Waals surface area contributed by atoms with Gasteiger partial charge in [0.1, 0.15) is 0 Å². The maximum atomic E-state index is 12.7. The quantitative estimate of drug-likeness (QED) is 0.878. The molecule has 1 aromatic heterocycles. The van der Waals surface area contributed by atoms with Crippen LogP contribution in [0.25, 0.3) is 0 Å². The molecule has 0 aromatic carbocycles. The van der Waals surface area contributed by atoms with Gasteiger partial charge in [-0.05, 0) is 58.5 Å². The molecule has 24 heavy (non-hydrogen) atoms. The van der Waals surface area contributed by atoms with E-state index >= 15 is 0 Å². The minimum Gasteiger partial charge on any atom is -0.336 e. The molecule has 0 aliphatic carbocycles. The monoisotopic (exact) mass is 376 g/mol. The van der Waals surface area contributed by atoms with Crippen molar-refractivity contribution in [3.63, 3.8) is 0 Å². The Morgan fingerprint density at radius 1 is 1.29 bits per heavy atom. The molecule has 0 saturated carbocycles. The fourth-order valence-corrected chi connectivity index (χ4v) is 4.07. The van der Waals surface area contributed by atoms with E-state index in [9.17, 15) is 4.79 Å². The predicted molar refractivity (Wildman–Crippen MR) is 101 cm³/mol. The normalized spacial score (nSPS) is 23.0. The highest BCUT2D eigenvalue weighted by molar-refractivity contribution is 5.85. The number of hydrogen-bond acceptors (Lipinski definition) is 3. The molecule has 2 fully saturated rings. The van der Waals surface area contributed by atoms with E-state index in [1.54, 1.807) is 0 Å². The summed E-state index contributed by atoms with van der Waals surface area (Å²) in [5.41, 5.74) is 3.54. The second-order valence-corrected chi connectivity index (χ2v) is 6.85. The van der Waals surface area contributed by atoms with Gasteiger partial charge in [-0.15, -0.1) is 24.8 Å². The van der Waals surface area contributed by atoms with E-state index in [4.69, 9.17) is 0 Å². The standard InChI is InChI=1S/C17H28N4O.2ClH/c1-12-17(13(2)20(3)19-12)15-5-4-10-21(15)16(22)7-6-14-8-9-18-11-14;;/h14-15,18H,4-11H2,1-3H3;2*1H. The summed E-state index contributed by atoms with van der Waals surface area (Å²) in [4.78, 5) is 14.8. The highest BCUT2D eigenvalue weighted by atomic mass is 35.5. The molecule has 3 rings (SSSR count). The van der Waals surface area contributed by atoms with Crippen molar-refractivity contribution in [1.82, 2.24) is 20.0 Å². The zero-order valence-corrected chi connectivity index (χ0v) is 16.5. The molecular formula is C17H30Cl2N4O. The second-order valence-electron chi connectivity index (χ2n) is 6.85. The smallest absolute Gasteiger partial charge is 0.223 e. The van der Waals surface area contributed by atoms with Gasteiger partial charge >= 0.3 is 0 Å². The first kappa shape index (κ1) is 21.3. The van der Waals surface area contributed by atoms with E-state index in [-0.39, 0.29) is 30.9 Å². The average Bonchev–Trinajstić information content (AvgIpc) is 3.19. The Balaban J connectivity index is 0.00000144. The van der Waals surface area contributed by atoms with Crippen LogP contribution in [-0.4, -0.2) is 40.2 Å². The number of hydrogen-bond donors (Lipinski definition) is 1. The molecule has 7 heteroatoms. The summed E-state index contributed by atoms with van der Waals surface area (Å²) in [7, 11) is 1.99. The highest BCUT2D eigenvalue weighted by Gasteiger charge is 2.33. The minimum absolute atomic E-state index is 0. The van der Waals surface area contributed by atoms with Gasteiger partial charge in [0.2, 0.25) is 5.91 Å². The van der Waals surface area contributed by atoms with E-state index in [0.717, 1.165) is 44.6 Å². The summed E-state index contributed by atoms with van der Waals surface area (Å²) in [6.07, 6.45) is 5.12. The Morgan fingerprint density at radius 2 is 2.04 bits per heavy atom. The van der Waals surface area contributed by atoms with E-state index in [1.165, 1.54) is 17.7 Å². The summed E-state index contributed by atoms with van der Waals surface area (Å²) < 4.78 is 1.94. The number of nitrogens with one attached hydrogen (secondary N) is 1. The summed E-state index contributed by atoms with van der Waals surface area (Å²) in [5, 5.41) is 7.91. The molecule has 5 nitrogen and oxygen atoms in total. The van der Waals surface area contributed by atoms with Gasteiger partial charge in [0.25, 0.3) is 0 Å². The van der Waals surface area contributed by atoms with Crippen molar-refractivity contribution in [1.29, 1.82) is 0 Å². The second kappa shape index (κ2) is 9.07. The third-order valence-corrected chi connectivity index (χ3v) is 5.40. The molecule has 1 amide bonds. The zero-order chi connectivity index (χ0) is 15.7. The summed E-state index contributed by atoms with van der Waals surface area (Å²) in [6.45, 7) is 7.27. The maximum absolute atomic E-state index is 12.7. The van der Waals surface area contributed by atoms with Gasteiger partial charge in [-0.25, -0.2) is 0 Å². The molecule has 0 bridgehead atoms. The van der Waals surface area contributed by atoms with E-state index in [0.29, 0.717) is 18.2 Å². The van der Waals surface area contributed by atoms with E-state index < -0.39 is 0 Å². The van der Waals surface area contributed by atoms with Crippen LogP contribution in [-0.2, 0) is 11.8 Å². The van der Waals surface area contributed by atoms with Gasteiger partial charge in [-0.2, -0.15) is 5.10 Å². The number of nitrogens with zero attached hydrogens (tertiary/aromatic N) is 3. The Labute approximate surface area is 157 Å². The lowest BCUT2D eigenvalue weighted by atomic mass is 10.00. The van der Waals surface area contributed by atoms with Crippen LogP contribution in [0, 0.1) is 19.8 Å². The van der Waals surface area contributed by atoms with Crippen LogP contribution in [0.4, 0.5) is 0 Å². The van der Waals surface area contributed by atoms with Crippen LogP contribution in [0.15, 0.2) is 0 Å². The largest absolute Gasteiger partial charge is 0.336 e. The molecule has 138 valence electrons. The number of halogens is 2. The van der Waals surface area contributed by atoms with Crippen molar-refractivity contribution in [3.05, 3.63) is 17.0 Å². The van der Waals surface area contributed by atoms with Crippen LogP contribution in [0.3, 0.4) is 0 Å². The average molecular weight is 377 g/mol. The third kappa shape index (κ3) is 4.24. The summed E-state index contributed by atoms with van der Waals surface area (Å²) >= 11 is 0. The molecule has 3 heterocycles. The molecule has 2 atom stereocenters. The molecule has 0 spiro atoms. The first-order valence-electron chi connectivity index (χ1n) is 8.58. The van der Waals surface area contributed by atoms with Crippen molar-refractivity contribution >= 4 is 30.7 Å². The van der Waals surface area contributed by atoms with Crippen molar-refractivity contribution in [2.45, 2.75) is 52.0 Å². The van der Waals surface area contributed by atoms with E-state index in [1.807, 2.05) is 11.7 Å². The molecule has 0 radical (unpaired) electrons. The Morgan fingerprint density at radius 3 is 2.62 bits per heavy atom. The van der Waals surface area contributed by atoms with Crippen LogP contribution in [0.5, 0.6) is 0 Å². The summed E-state index contributed by atoms with van der Waals surface area (Å²) in [5.74, 6) is 1.02. The van der Waals surface area contributed by atoms with Crippen LogP contribution < -0.4 is 5.32 Å². The molecule has 2 unspecified atom stereocenters. The lowest BCUT2D eigenvalue weighted by Gasteiger charge is -2.26. The van der Waals surface area contributed by atoms with E-state index in [2.05, 4.69) is 29.2 Å². The topological polar surface area (TPSA) is 50.2 Å². The lowest BCUT2D eigenvalue weighted by Crippen LogP contribution is -2.31. The molecular weight excluding hydrogens is 347 g/mol. The van der Waals surface area contributed by atoms with Gasteiger partial charge in [-0.3, -0.25) is 9.48 Å². The van der Waals surface area contributed by atoms with Crippen molar-refractivity contribution in [3.8, 4) is 0 Å². The predicted octanol–water partition coefficient (Wildman–Crippen LogP) is 2.93. The van der Waals surface area contributed by atoms with Crippen LogP contribution in [0.2, 0.25) is 0 Å². The van der Waals surface area contributed by atoms with Crippen LogP contribution in [0.1, 0.15) is 55.1 Å². The van der Waals surface area contributed by atoms with Crippen molar-refractivity contribution in [2.24, 2.45) is 13.0 Å². The molecule has 1 N–H and O–H groups in total. The van der Waals surface area contributed by atoms with Crippen molar-refractivity contribution < 1.29 is 4.79 Å². The maximum Gasteiger partial charge on any atom is 0.223 e. The van der Waals surface area contributed by atoms with Gasteiger partial charge in [0.15, 0.2) is 0 Å². The minimum atomic E-state index is 0. The SMILES string of the molecule is Cc1nn(C)c(C)c1C1CCCN1C(=O)CCC1CCNC1.Cl.Cl. The van der Waals surface area contributed by atoms with Crippen molar-refractivity contribution in [2.75, 3.05) is 19.6 Å². The number of carbonyl (C=O) groups excluding carboxylic acids is 1. The number of likely N-dealkylation sites (tertiary alicyclic amines) is 1. The van der Waals surface area contributed by atoms with Crippen LogP contribution >= 0.6 is 24.8 Å². The van der Waals surface area contributed by atoms with Gasteiger partial charge in [-0.1, -0.05) is 0 Å². The molecule has 2 aliphatic rings. The van der Waals surface area contributed by atoms with Gasteiger partial charge in [0.05, 0.1) is 11.7 Å². The number of aryl methyl sites for hydroxylation is 2. The molecule has 1 aromatic rings.